The minimum absolute atomic E-state index is 0.0820. The lowest BCUT2D eigenvalue weighted by Gasteiger charge is -2.24. The van der Waals surface area contributed by atoms with E-state index in [1.807, 2.05) is 0 Å². The number of piperidine rings is 1. The highest BCUT2D eigenvalue weighted by atomic mass is 16.5. The van der Waals surface area contributed by atoms with Crippen molar-refractivity contribution >= 4 is 11.9 Å². The first-order valence-corrected chi connectivity index (χ1v) is 5.78. The van der Waals surface area contributed by atoms with E-state index in [-0.39, 0.29) is 12.7 Å². The molecule has 0 saturated carbocycles. The van der Waals surface area contributed by atoms with Gasteiger partial charge in [-0.15, -0.1) is 0 Å². The van der Waals surface area contributed by atoms with Crippen LogP contribution in [0.1, 0.15) is 26.7 Å². The standard InChI is InChI=1S/C11H20N2O4/c1-11(2,10(15)16)13-9(14)7-17-8-3-5-12-6-4-8/h8,12H,3-7H2,1-2H3,(H,13,14)(H,15,16). The number of carbonyl (C=O) groups is 2. The summed E-state index contributed by atoms with van der Waals surface area (Å²) in [6.07, 6.45) is 1.86. The predicted molar refractivity (Wildman–Crippen MR) is 61.7 cm³/mol. The molecule has 0 radical (unpaired) electrons. The Morgan fingerprint density at radius 3 is 2.53 bits per heavy atom. The van der Waals surface area contributed by atoms with Crippen molar-refractivity contribution in [2.24, 2.45) is 0 Å². The van der Waals surface area contributed by atoms with Gasteiger partial charge in [0.15, 0.2) is 0 Å². The largest absolute Gasteiger partial charge is 0.480 e. The SMILES string of the molecule is CC(C)(NC(=O)COC1CCNCC1)C(=O)O. The van der Waals surface area contributed by atoms with Gasteiger partial charge in [-0.05, 0) is 39.8 Å². The van der Waals surface area contributed by atoms with Crippen LogP contribution in [0.15, 0.2) is 0 Å². The smallest absolute Gasteiger partial charge is 0.328 e. The van der Waals surface area contributed by atoms with Gasteiger partial charge in [-0.3, -0.25) is 4.79 Å². The number of carbonyl (C=O) groups excluding carboxylic acids is 1. The van der Waals surface area contributed by atoms with Crippen LogP contribution in [0.2, 0.25) is 0 Å². The molecule has 0 bridgehead atoms. The quantitative estimate of drug-likeness (QED) is 0.620. The van der Waals surface area contributed by atoms with E-state index in [1.54, 1.807) is 0 Å². The van der Waals surface area contributed by atoms with E-state index in [9.17, 15) is 9.59 Å². The van der Waals surface area contributed by atoms with Crippen molar-refractivity contribution < 1.29 is 19.4 Å². The fourth-order valence-electron chi connectivity index (χ4n) is 1.59. The van der Waals surface area contributed by atoms with E-state index >= 15 is 0 Å². The summed E-state index contributed by atoms with van der Waals surface area (Å²) in [5.74, 6) is -1.45. The molecule has 1 saturated heterocycles. The zero-order chi connectivity index (χ0) is 12.9. The number of nitrogens with one attached hydrogen (secondary N) is 2. The van der Waals surface area contributed by atoms with E-state index in [4.69, 9.17) is 9.84 Å². The van der Waals surface area contributed by atoms with Crippen molar-refractivity contribution in [1.82, 2.24) is 10.6 Å². The van der Waals surface area contributed by atoms with Gasteiger partial charge in [-0.1, -0.05) is 0 Å². The Hall–Kier alpha value is -1.14. The number of hydrogen-bond acceptors (Lipinski definition) is 4. The maximum Gasteiger partial charge on any atom is 0.328 e. The van der Waals surface area contributed by atoms with E-state index < -0.39 is 17.4 Å². The summed E-state index contributed by atoms with van der Waals surface area (Å²) >= 11 is 0. The van der Waals surface area contributed by atoms with Gasteiger partial charge in [0.25, 0.3) is 0 Å². The highest BCUT2D eigenvalue weighted by molar-refractivity contribution is 5.86. The lowest BCUT2D eigenvalue weighted by Crippen LogP contribution is -2.51. The fourth-order valence-corrected chi connectivity index (χ4v) is 1.59. The topological polar surface area (TPSA) is 87.7 Å². The van der Waals surface area contributed by atoms with Crippen molar-refractivity contribution in [3.63, 3.8) is 0 Å². The Balaban J connectivity index is 2.27. The third-order valence-corrected chi connectivity index (χ3v) is 2.72. The molecule has 0 aromatic rings. The van der Waals surface area contributed by atoms with Crippen LogP contribution in [0.5, 0.6) is 0 Å². The van der Waals surface area contributed by atoms with E-state index in [0.29, 0.717) is 0 Å². The Morgan fingerprint density at radius 1 is 1.41 bits per heavy atom. The summed E-state index contributed by atoms with van der Waals surface area (Å²) in [6.45, 7) is 4.59. The van der Waals surface area contributed by atoms with Gasteiger partial charge < -0.3 is 20.5 Å². The molecule has 1 fully saturated rings. The van der Waals surface area contributed by atoms with Crippen LogP contribution in [0.25, 0.3) is 0 Å². The van der Waals surface area contributed by atoms with Gasteiger partial charge in [-0.2, -0.15) is 0 Å². The molecule has 1 amide bonds. The molecule has 0 aromatic carbocycles. The second kappa shape index (κ2) is 5.97. The first-order chi connectivity index (χ1) is 7.92. The lowest BCUT2D eigenvalue weighted by atomic mass is 10.1. The number of hydrogen-bond donors (Lipinski definition) is 3. The van der Waals surface area contributed by atoms with Gasteiger partial charge >= 0.3 is 5.97 Å². The van der Waals surface area contributed by atoms with Crippen LogP contribution in [-0.2, 0) is 14.3 Å². The first kappa shape index (κ1) is 13.9. The molecule has 6 nitrogen and oxygen atoms in total. The van der Waals surface area contributed by atoms with Crippen LogP contribution < -0.4 is 10.6 Å². The summed E-state index contributed by atoms with van der Waals surface area (Å²) in [4.78, 5) is 22.3. The summed E-state index contributed by atoms with van der Waals surface area (Å²) in [5.41, 5.74) is -1.26. The highest BCUT2D eigenvalue weighted by Gasteiger charge is 2.29. The molecule has 0 atom stereocenters. The van der Waals surface area contributed by atoms with Crippen LogP contribution in [-0.4, -0.2) is 48.3 Å². The molecule has 0 spiro atoms. The molecule has 1 heterocycles. The Kier molecular flexibility index (Phi) is 4.89. The van der Waals surface area contributed by atoms with E-state index in [2.05, 4.69) is 10.6 Å². The maximum atomic E-state index is 11.5. The second-order valence-electron chi connectivity index (χ2n) is 4.74. The number of carboxylic acid groups (broad SMARTS) is 1. The Bertz CT molecular complexity index is 285. The van der Waals surface area contributed by atoms with Crippen molar-refractivity contribution in [3.8, 4) is 0 Å². The van der Waals surface area contributed by atoms with Gasteiger partial charge in [0, 0.05) is 0 Å². The second-order valence-corrected chi connectivity index (χ2v) is 4.74. The van der Waals surface area contributed by atoms with Gasteiger partial charge in [0.2, 0.25) is 5.91 Å². The molecular formula is C11H20N2O4. The number of amides is 1. The number of aliphatic carboxylic acids is 1. The molecule has 6 heteroatoms. The monoisotopic (exact) mass is 244 g/mol. The van der Waals surface area contributed by atoms with Crippen LogP contribution in [0.4, 0.5) is 0 Å². The van der Waals surface area contributed by atoms with E-state index in [1.165, 1.54) is 13.8 Å². The third kappa shape index (κ3) is 4.70. The van der Waals surface area contributed by atoms with Gasteiger partial charge in [0.05, 0.1) is 6.10 Å². The van der Waals surface area contributed by atoms with Gasteiger partial charge in [-0.25, -0.2) is 4.79 Å². The summed E-state index contributed by atoms with van der Waals surface area (Å²) in [5, 5.41) is 14.5. The van der Waals surface area contributed by atoms with Crippen molar-refractivity contribution in [2.75, 3.05) is 19.7 Å². The molecule has 17 heavy (non-hydrogen) atoms. The van der Waals surface area contributed by atoms with Crippen LogP contribution >= 0.6 is 0 Å². The Morgan fingerprint density at radius 2 is 2.00 bits per heavy atom. The fraction of sp³-hybridized carbons (Fsp3) is 0.818. The van der Waals surface area contributed by atoms with Crippen LogP contribution in [0, 0.1) is 0 Å². The maximum absolute atomic E-state index is 11.5. The lowest BCUT2D eigenvalue weighted by molar-refractivity contribution is -0.147. The number of ether oxygens (including phenoxy) is 1. The normalized spacial score (nSPS) is 17.8. The average Bonchev–Trinajstić information content (AvgIpc) is 2.27. The molecule has 98 valence electrons. The molecule has 0 aliphatic carbocycles. The molecular weight excluding hydrogens is 224 g/mol. The molecule has 3 N–H and O–H groups in total. The summed E-state index contributed by atoms with van der Waals surface area (Å²) in [7, 11) is 0. The molecule has 0 unspecified atom stereocenters. The predicted octanol–water partition coefficient (Wildman–Crippen LogP) is -0.266. The zero-order valence-corrected chi connectivity index (χ0v) is 10.3. The van der Waals surface area contributed by atoms with E-state index in [0.717, 1.165) is 25.9 Å². The molecule has 1 aliphatic rings. The van der Waals surface area contributed by atoms with Crippen molar-refractivity contribution in [3.05, 3.63) is 0 Å². The molecule has 1 aliphatic heterocycles. The zero-order valence-electron chi connectivity index (χ0n) is 10.3. The first-order valence-electron chi connectivity index (χ1n) is 5.78. The highest BCUT2D eigenvalue weighted by Crippen LogP contribution is 2.07. The van der Waals surface area contributed by atoms with Crippen molar-refractivity contribution in [2.45, 2.75) is 38.3 Å². The van der Waals surface area contributed by atoms with Crippen LogP contribution in [0.3, 0.4) is 0 Å². The molecule has 0 aromatic heterocycles. The number of carboxylic acids is 1. The minimum Gasteiger partial charge on any atom is -0.480 e. The minimum atomic E-state index is -1.26. The molecule has 1 rings (SSSR count). The third-order valence-electron chi connectivity index (χ3n) is 2.72. The average molecular weight is 244 g/mol. The van der Waals surface area contributed by atoms with Gasteiger partial charge in [0.1, 0.15) is 12.1 Å². The van der Waals surface area contributed by atoms with Crippen molar-refractivity contribution in [1.29, 1.82) is 0 Å². The number of rotatable bonds is 5. The summed E-state index contributed by atoms with van der Waals surface area (Å²) in [6, 6.07) is 0. The Labute approximate surface area is 101 Å². The summed E-state index contributed by atoms with van der Waals surface area (Å²) < 4.78 is 5.43.